The molecule has 0 unspecified atom stereocenters. The average Bonchev–Trinajstić information content (AvgIpc) is 2.19. The number of hydrogen-bond acceptors (Lipinski definition) is 2. The van der Waals surface area contributed by atoms with E-state index >= 15 is 0 Å². The Morgan fingerprint density at radius 3 is 2.54 bits per heavy atom. The number of hydrogen-bond donors (Lipinski definition) is 2. The number of allylic oxidation sites excluding steroid dienone is 1. The van der Waals surface area contributed by atoms with Gasteiger partial charge in [0.05, 0.1) is 12.7 Å². The van der Waals surface area contributed by atoms with Gasteiger partial charge in [-0.1, -0.05) is 30.9 Å². The van der Waals surface area contributed by atoms with Gasteiger partial charge in [0, 0.05) is 0 Å². The molecular formula is C11H20O2. The van der Waals surface area contributed by atoms with Gasteiger partial charge in [0.15, 0.2) is 0 Å². The van der Waals surface area contributed by atoms with Crippen LogP contribution in [0.15, 0.2) is 11.6 Å². The number of aliphatic hydroxyl groups is 2. The first-order valence-corrected chi connectivity index (χ1v) is 5.21. The number of aliphatic hydroxyl groups excluding tert-OH is 2. The molecular weight excluding hydrogens is 164 g/mol. The molecule has 0 saturated heterocycles. The molecule has 2 nitrogen and oxygen atoms in total. The molecule has 76 valence electrons. The first-order chi connectivity index (χ1) is 6.24. The molecule has 0 spiro atoms. The molecule has 1 atom stereocenters. The largest absolute Gasteiger partial charge is 0.393 e. The van der Waals surface area contributed by atoms with Gasteiger partial charge in [-0.15, -0.1) is 0 Å². The fraction of sp³-hybridized carbons (Fsp3) is 0.818. The summed E-state index contributed by atoms with van der Waals surface area (Å²) in [5.74, 6) is 0.648. The van der Waals surface area contributed by atoms with E-state index in [1.807, 2.05) is 0 Å². The van der Waals surface area contributed by atoms with Crippen molar-refractivity contribution in [2.24, 2.45) is 5.92 Å². The maximum absolute atomic E-state index is 9.23. The Bertz CT molecular complexity index is 169. The summed E-state index contributed by atoms with van der Waals surface area (Å²) in [6.45, 7) is 1.90. The molecule has 0 heterocycles. The van der Waals surface area contributed by atoms with Crippen molar-refractivity contribution < 1.29 is 10.2 Å². The van der Waals surface area contributed by atoms with E-state index in [1.165, 1.54) is 37.7 Å². The van der Waals surface area contributed by atoms with Crippen molar-refractivity contribution >= 4 is 0 Å². The lowest BCUT2D eigenvalue weighted by molar-refractivity contribution is 0.130. The molecule has 1 aliphatic carbocycles. The van der Waals surface area contributed by atoms with Crippen molar-refractivity contribution in [1.29, 1.82) is 0 Å². The van der Waals surface area contributed by atoms with E-state index in [4.69, 9.17) is 5.11 Å². The first kappa shape index (κ1) is 10.7. The molecule has 0 bridgehead atoms. The van der Waals surface area contributed by atoms with Gasteiger partial charge < -0.3 is 10.2 Å². The van der Waals surface area contributed by atoms with E-state index in [0.717, 1.165) is 0 Å². The van der Waals surface area contributed by atoms with Crippen molar-refractivity contribution in [3.05, 3.63) is 11.6 Å². The van der Waals surface area contributed by atoms with Gasteiger partial charge >= 0.3 is 0 Å². The van der Waals surface area contributed by atoms with Gasteiger partial charge in [-0.2, -0.15) is 0 Å². The van der Waals surface area contributed by atoms with Gasteiger partial charge in [-0.05, 0) is 25.7 Å². The smallest absolute Gasteiger partial charge is 0.0954 e. The van der Waals surface area contributed by atoms with Crippen LogP contribution < -0.4 is 0 Å². The van der Waals surface area contributed by atoms with E-state index in [1.54, 1.807) is 6.08 Å². The number of rotatable bonds is 3. The quantitative estimate of drug-likeness (QED) is 0.657. The van der Waals surface area contributed by atoms with E-state index in [-0.39, 0.29) is 6.61 Å². The predicted molar refractivity (Wildman–Crippen MR) is 53.4 cm³/mol. The van der Waals surface area contributed by atoms with Crippen LogP contribution >= 0.6 is 0 Å². The minimum absolute atomic E-state index is 0.163. The SMILES string of the molecule is C/C(=C\[C@H](O)CO)C1CCCCC1. The van der Waals surface area contributed by atoms with Gasteiger partial charge in [-0.25, -0.2) is 0 Å². The Morgan fingerprint density at radius 1 is 1.38 bits per heavy atom. The highest BCUT2D eigenvalue weighted by Gasteiger charge is 2.15. The molecule has 1 rings (SSSR count). The summed E-state index contributed by atoms with van der Waals surface area (Å²) in [6, 6.07) is 0. The minimum Gasteiger partial charge on any atom is -0.393 e. The zero-order valence-electron chi connectivity index (χ0n) is 8.37. The highest BCUT2D eigenvalue weighted by molar-refractivity contribution is 5.07. The topological polar surface area (TPSA) is 40.5 Å². The van der Waals surface area contributed by atoms with Crippen molar-refractivity contribution in [2.75, 3.05) is 6.61 Å². The van der Waals surface area contributed by atoms with Gasteiger partial charge in [-0.3, -0.25) is 0 Å². The monoisotopic (exact) mass is 184 g/mol. The summed E-state index contributed by atoms with van der Waals surface area (Å²) in [5.41, 5.74) is 1.25. The lowest BCUT2D eigenvalue weighted by Crippen LogP contribution is -2.13. The highest BCUT2D eigenvalue weighted by Crippen LogP contribution is 2.29. The molecule has 0 amide bonds. The molecule has 2 heteroatoms. The summed E-state index contributed by atoms with van der Waals surface area (Å²) in [6.07, 6.45) is 7.61. The Labute approximate surface area is 80.3 Å². The fourth-order valence-electron chi connectivity index (χ4n) is 2.05. The van der Waals surface area contributed by atoms with Gasteiger partial charge in [0.2, 0.25) is 0 Å². The molecule has 1 fully saturated rings. The van der Waals surface area contributed by atoms with Gasteiger partial charge in [0.1, 0.15) is 0 Å². The summed E-state index contributed by atoms with van der Waals surface area (Å²) in [5, 5.41) is 17.9. The van der Waals surface area contributed by atoms with Crippen LogP contribution in [0.1, 0.15) is 39.0 Å². The highest BCUT2D eigenvalue weighted by atomic mass is 16.3. The van der Waals surface area contributed by atoms with Crippen LogP contribution in [0.25, 0.3) is 0 Å². The lowest BCUT2D eigenvalue weighted by Gasteiger charge is -2.22. The second-order valence-corrected chi connectivity index (χ2v) is 4.00. The molecule has 0 aromatic heterocycles. The Kier molecular flexibility index (Phi) is 4.46. The van der Waals surface area contributed by atoms with Crippen molar-refractivity contribution in [3.8, 4) is 0 Å². The van der Waals surface area contributed by atoms with Crippen LogP contribution in [0.4, 0.5) is 0 Å². The third-order valence-electron chi connectivity index (χ3n) is 2.89. The maximum atomic E-state index is 9.23. The molecule has 0 aromatic carbocycles. The zero-order valence-corrected chi connectivity index (χ0v) is 8.37. The van der Waals surface area contributed by atoms with Crippen LogP contribution in [0.3, 0.4) is 0 Å². The van der Waals surface area contributed by atoms with Gasteiger partial charge in [0.25, 0.3) is 0 Å². The van der Waals surface area contributed by atoms with E-state index in [9.17, 15) is 5.11 Å². The Balaban J connectivity index is 2.44. The molecule has 0 aliphatic heterocycles. The van der Waals surface area contributed by atoms with E-state index in [2.05, 4.69) is 6.92 Å². The van der Waals surface area contributed by atoms with Crippen molar-refractivity contribution in [3.63, 3.8) is 0 Å². The molecule has 13 heavy (non-hydrogen) atoms. The summed E-state index contributed by atoms with van der Waals surface area (Å²) in [4.78, 5) is 0. The normalized spacial score (nSPS) is 23.2. The van der Waals surface area contributed by atoms with Crippen LogP contribution in [-0.4, -0.2) is 22.9 Å². The second-order valence-electron chi connectivity index (χ2n) is 4.00. The average molecular weight is 184 g/mol. The van der Waals surface area contributed by atoms with Crippen LogP contribution in [0.5, 0.6) is 0 Å². The molecule has 2 N–H and O–H groups in total. The third kappa shape index (κ3) is 3.49. The Morgan fingerprint density at radius 2 is 2.00 bits per heavy atom. The second kappa shape index (κ2) is 5.40. The van der Waals surface area contributed by atoms with Crippen molar-refractivity contribution in [1.82, 2.24) is 0 Å². The summed E-state index contributed by atoms with van der Waals surface area (Å²) in [7, 11) is 0. The van der Waals surface area contributed by atoms with Crippen molar-refractivity contribution in [2.45, 2.75) is 45.1 Å². The lowest BCUT2D eigenvalue weighted by atomic mass is 9.84. The van der Waals surface area contributed by atoms with Crippen LogP contribution in [0.2, 0.25) is 0 Å². The van der Waals surface area contributed by atoms with E-state index < -0.39 is 6.10 Å². The van der Waals surface area contributed by atoms with Crippen LogP contribution in [-0.2, 0) is 0 Å². The minimum atomic E-state index is -0.665. The predicted octanol–water partition coefficient (Wildman–Crippen LogP) is 1.87. The molecule has 1 aliphatic rings. The summed E-state index contributed by atoms with van der Waals surface area (Å²) < 4.78 is 0. The zero-order chi connectivity index (χ0) is 9.68. The first-order valence-electron chi connectivity index (χ1n) is 5.21. The van der Waals surface area contributed by atoms with E-state index in [0.29, 0.717) is 5.92 Å². The summed E-state index contributed by atoms with van der Waals surface area (Å²) >= 11 is 0. The Hall–Kier alpha value is -0.340. The molecule has 0 aromatic rings. The fourth-order valence-corrected chi connectivity index (χ4v) is 2.05. The molecule has 0 radical (unpaired) electrons. The van der Waals surface area contributed by atoms with Crippen LogP contribution in [0, 0.1) is 5.92 Å². The third-order valence-corrected chi connectivity index (χ3v) is 2.89. The molecule has 1 saturated carbocycles. The standard InChI is InChI=1S/C11H20O2/c1-9(7-11(13)8-12)10-5-3-2-4-6-10/h7,10-13H,2-6,8H2,1H3/b9-7+/t11-/m0/s1. The maximum Gasteiger partial charge on any atom is 0.0954 e.